The number of anilines is 1. The van der Waals surface area contributed by atoms with E-state index in [2.05, 4.69) is 5.32 Å². The average molecular weight is 372 g/mol. The van der Waals surface area contributed by atoms with Gasteiger partial charge in [-0.2, -0.15) is 0 Å². The van der Waals surface area contributed by atoms with Crippen LogP contribution in [0.4, 0.5) is 5.69 Å². The van der Waals surface area contributed by atoms with E-state index in [1.807, 2.05) is 14.1 Å². The molecule has 1 rings (SSSR count). The van der Waals surface area contributed by atoms with E-state index in [1.165, 1.54) is 23.9 Å². The topological polar surface area (TPSA) is 32.3 Å². The lowest BCUT2D eigenvalue weighted by Gasteiger charge is -2.17. The molecule has 0 aromatic heterocycles. The molecule has 0 spiro atoms. The van der Waals surface area contributed by atoms with Gasteiger partial charge in [0.1, 0.15) is 4.32 Å². The third-order valence-corrected chi connectivity index (χ3v) is 5.10. The van der Waals surface area contributed by atoms with Crippen molar-refractivity contribution in [3.05, 3.63) is 27.2 Å². The molecule has 0 saturated carbocycles. The highest BCUT2D eigenvalue weighted by atomic mass is 35.5. The molecule has 8 heteroatoms. The first-order valence-electron chi connectivity index (χ1n) is 5.55. The van der Waals surface area contributed by atoms with Crippen molar-refractivity contribution >= 4 is 74.7 Å². The molecular weight excluding hydrogens is 359 g/mol. The van der Waals surface area contributed by atoms with Crippen LogP contribution in [-0.4, -0.2) is 34.5 Å². The van der Waals surface area contributed by atoms with E-state index < -0.39 is 0 Å². The number of amides is 1. The summed E-state index contributed by atoms with van der Waals surface area (Å²) in [6.45, 7) is 1.77. The summed E-state index contributed by atoms with van der Waals surface area (Å²) in [6, 6.07) is 3.01. The Balaban J connectivity index is 2.76. The molecule has 0 heterocycles. The number of thioether (sulfide) groups is 1. The zero-order valence-electron chi connectivity index (χ0n) is 11.0. The number of nitrogens with one attached hydrogen (secondary N) is 1. The Labute approximate surface area is 142 Å². The van der Waals surface area contributed by atoms with Gasteiger partial charge < -0.3 is 10.2 Å². The van der Waals surface area contributed by atoms with E-state index in [0.717, 1.165) is 0 Å². The van der Waals surface area contributed by atoms with Crippen LogP contribution in [0.2, 0.25) is 15.1 Å². The SMILES string of the molecule is C[C@@H](SC(=S)N(C)C)C(=O)Nc1cc(Cl)c(Cl)cc1Cl. The summed E-state index contributed by atoms with van der Waals surface area (Å²) in [5, 5.41) is 3.36. The highest BCUT2D eigenvalue weighted by molar-refractivity contribution is 8.23. The zero-order chi connectivity index (χ0) is 15.4. The summed E-state index contributed by atoms with van der Waals surface area (Å²) in [7, 11) is 3.66. The van der Waals surface area contributed by atoms with E-state index in [-0.39, 0.29) is 11.2 Å². The molecule has 0 aliphatic rings. The maximum atomic E-state index is 12.1. The van der Waals surface area contributed by atoms with E-state index in [9.17, 15) is 4.79 Å². The van der Waals surface area contributed by atoms with E-state index >= 15 is 0 Å². The molecule has 1 aromatic rings. The van der Waals surface area contributed by atoms with Gasteiger partial charge in [-0.05, 0) is 19.1 Å². The fourth-order valence-corrected chi connectivity index (χ4v) is 2.87. The second-order valence-corrected chi connectivity index (χ2v) is 7.35. The first-order valence-corrected chi connectivity index (χ1v) is 7.98. The van der Waals surface area contributed by atoms with Crippen LogP contribution in [-0.2, 0) is 4.79 Å². The standard InChI is InChI=1S/C12H13Cl3N2OS2/c1-6(20-12(19)17(2)3)11(18)16-10-5-8(14)7(13)4-9(10)15/h4-6H,1-3H3,(H,16,18)/t6-/m1/s1. The smallest absolute Gasteiger partial charge is 0.237 e. The van der Waals surface area contributed by atoms with Crippen molar-refractivity contribution in [2.45, 2.75) is 12.2 Å². The number of carbonyl (C=O) groups is 1. The maximum Gasteiger partial charge on any atom is 0.237 e. The molecule has 1 N–H and O–H groups in total. The fourth-order valence-electron chi connectivity index (χ4n) is 1.16. The summed E-state index contributed by atoms with van der Waals surface area (Å²) in [6.07, 6.45) is 0. The molecule has 20 heavy (non-hydrogen) atoms. The number of nitrogens with zero attached hydrogens (tertiary/aromatic N) is 1. The molecule has 1 atom stereocenters. The quantitative estimate of drug-likeness (QED) is 0.624. The van der Waals surface area contributed by atoms with Crippen molar-refractivity contribution in [1.82, 2.24) is 4.90 Å². The van der Waals surface area contributed by atoms with Crippen molar-refractivity contribution in [3.8, 4) is 0 Å². The maximum absolute atomic E-state index is 12.1. The number of carbonyl (C=O) groups excluding carboxylic acids is 1. The van der Waals surface area contributed by atoms with E-state index in [1.54, 1.807) is 11.8 Å². The van der Waals surface area contributed by atoms with E-state index in [0.29, 0.717) is 25.1 Å². The highest BCUT2D eigenvalue weighted by Gasteiger charge is 2.18. The van der Waals surface area contributed by atoms with Crippen molar-refractivity contribution in [3.63, 3.8) is 0 Å². The summed E-state index contributed by atoms with van der Waals surface area (Å²) in [5.41, 5.74) is 0.425. The molecular formula is C12H13Cl3N2OS2. The molecule has 3 nitrogen and oxygen atoms in total. The van der Waals surface area contributed by atoms with Gasteiger partial charge in [0.05, 0.1) is 26.0 Å². The number of hydrogen-bond donors (Lipinski definition) is 1. The van der Waals surface area contributed by atoms with Crippen LogP contribution >= 0.6 is 58.8 Å². The van der Waals surface area contributed by atoms with E-state index in [4.69, 9.17) is 47.0 Å². The Hall–Kier alpha value is -0.200. The third kappa shape index (κ3) is 4.97. The van der Waals surface area contributed by atoms with Crippen molar-refractivity contribution in [2.75, 3.05) is 19.4 Å². The van der Waals surface area contributed by atoms with Crippen LogP contribution in [0, 0.1) is 0 Å². The number of thiocarbonyl (C=S) groups is 1. The summed E-state index contributed by atoms with van der Waals surface area (Å²) >= 11 is 24.2. The van der Waals surface area contributed by atoms with Crippen LogP contribution in [0.15, 0.2) is 12.1 Å². The predicted octanol–water partition coefficient (Wildman–Crippen LogP) is 4.55. The lowest BCUT2D eigenvalue weighted by atomic mass is 10.3. The minimum absolute atomic E-state index is 0.209. The number of halogens is 3. The molecule has 1 amide bonds. The first-order chi connectivity index (χ1) is 9.22. The lowest BCUT2D eigenvalue weighted by molar-refractivity contribution is -0.115. The summed E-state index contributed by atoms with van der Waals surface area (Å²) in [4.78, 5) is 13.8. The minimum atomic E-state index is -0.351. The molecule has 0 aliphatic carbocycles. The monoisotopic (exact) mass is 370 g/mol. The minimum Gasteiger partial charge on any atom is -0.364 e. The molecule has 0 fully saturated rings. The van der Waals surface area contributed by atoms with Crippen molar-refractivity contribution in [1.29, 1.82) is 0 Å². The second-order valence-electron chi connectivity index (χ2n) is 4.16. The van der Waals surface area contributed by atoms with Crippen molar-refractivity contribution < 1.29 is 4.79 Å². The number of hydrogen-bond acceptors (Lipinski definition) is 3. The third-order valence-electron chi connectivity index (χ3n) is 2.28. The van der Waals surface area contributed by atoms with Gasteiger partial charge in [-0.3, -0.25) is 4.79 Å². The largest absolute Gasteiger partial charge is 0.364 e. The summed E-state index contributed by atoms with van der Waals surface area (Å²) in [5.74, 6) is -0.209. The van der Waals surface area contributed by atoms with Gasteiger partial charge in [0.15, 0.2) is 0 Å². The fraction of sp³-hybridized carbons (Fsp3) is 0.333. The Morgan fingerprint density at radius 2 is 1.80 bits per heavy atom. The van der Waals surface area contributed by atoms with Gasteiger partial charge in [0.25, 0.3) is 0 Å². The van der Waals surface area contributed by atoms with Gasteiger partial charge in [-0.1, -0.05) is 58.8 Å². The molecule has 0 radical (unpaired) electrons. The van der Waals surface area contributed by atoms with Gasteiger partial charge in [0.2, 0.25) is 5.91 Å². The molecule has 110 valence electrons. The number of rotatable bonds is 3. The molecule has 0 aliphatic heterocycles. The van der Waals surface area contributed by atoms with Gasteiger partial charge >= 0.3 is 0 Å². The Morgan fingerprint density at radius 3 is 2.35 bits per heavy atom. The Kier molecular flexibility index (Phi) is 6.88. The van der Waals surface area contributed by atoms with Gasteiger partial charge in [-0.25, -0.2) is 0 Å². The van der Waals surface area contributed by atoms with Gasteiger partial charge in [0, 0.05) is 14.1 Å². The van der Waals surface area contributed by atoms with Crippen LogP contribution in [0.1, 0.15) is 6.92 Å². The number of benzene rings is 1. The van der Waals surface area contributed by atoms with Crippen LogP contribution in [0.3, 0.4) is 0 Å². The molecule has 1 aromatic carbocycles. The molecule has 0 bridgehead atoms. The highest BCUT2D eigenvalue weighted by Crippen LogP contribution is 2.32. The van der Waals surface area contributed by atoms with Crippen LogP contribution < -0.4 is 5.32 Å². The molecule has 0 unspecified atom stereocenters. The lowest BCUT2D eigenvalue weighted by Crippen LogP contribution is -2.27. The Morgan fingerprint density at radius 1 is 1.25 bits per heavy atom. The Bertz CT molecular complexity index is 538. The average Bonchev–Trinajstić information content (AvgIpc) is 2.35. The predicted molar refractivity (Wildman–Crippen MR) is 93.4 cm³/mol. The first kappa shape index (κ1) is 17.9. The summed E-state index contributed by atoms with van der Waals surface area (Å²) < 4.78 is 0.632. The van der Waals surface area contributed by atoms with Crippen LogP contribution in [0.25, 0.3) is 0 Å². The van der Waals surface area contributed by atoms with Crippen LogP contribution in [0.5, 0.6) is 0 Å². The van der Waals surface area contributed by atoms with Gasteiger partial charge in [-0.15, -0.1) is 0 Å². The second kappa shape index (κ2) is 7.71. The van der Waals surface area contributed by atoms with Crippen molar-refractivity contribution in [2.24, 2.45) is 0 Å². The molecule has 0 saturated heterocycles. The zero-order valence-corrected chi connectivity index (χ0v) is 14.9. The normalized spacial score (nSPS) is 11.9.